The summed E-state index contributed by atoms with van der Waals surface area (Å²) < 4.78 is 0. The first-order valence-electron chi connectivity index (χ1n) is 8.08. The van der Waals surface area contributed by atoms with Crippen LogP contribution in [0.5, 0.6) is 0 Å². The van der Waals surface area contributed by atoms with E-state index < -0.39 is 0 Å². The van der Waals surface area contributed by atoms with Crippen molar-refractivity contribution in [2.24, 2.45) is 0 Å². The summed E-state index contributed by atoms with van der Waals surface area (Å²) >= 11 is 3.30. The van der Waals surface area contributed by atoms with Crippen LogP contribution in [0.25, 0.3) is 0 Å². The Bertz CT molecular complexity index is 835. The number of aromatic nitrogens is 1. The van der Waals surface area contributed by atoms with Gasteiger partial charge in [0.25, 0.3) is 0 Å². The van der Waals surface area contributed by atoms with Crippen molar-refractivity contribution in [1.82, 2.24) is 4.98 Å². The fraction of sp³-hybridized carbons (Fsp3) is 0.389. The van der Waals surface area contributed by atoms with Crippen LogP contribution in [0, 0.1) is 11.3 Å². The SMILES string of the molecule is CSc1nc(N2C3=C(CCCS3)CC3=C2C(=O)CC3)ccc1C#N. The van der Waals surface area contributed by atoms with Crippen molar-refractivity contribution in [1.29, 1.82) is 5.26 Å². The summed E-state index contributed by atoms with van der Waals surface area (Å²) in [5, 5.41) is 11.1. The minimum atomic E-state index is 0.222. The molecule has 1 aliphatic carbocycles. The monoisotopic (exact) mass is 355 g/mol. The van der Waals surface area contributed by atoms with Gasteiger partial charge in [-0.25, -0.2) is 4.98 Å². The maximum atomic E-state index is 12.5. The number of allylic oxidation sites excluding steroid dienone is 3. The summed E-state index contributed by atoms with van der Waals surface area (Å²) in [6, 6.07) is 5.88. The van der Waals surface area contributed by atoms with Gasteiger partial charge in [0.1, 0.15) is 16.9 Å². The van der Waals surface area contributed by atoms with Gasteiger partial charge in [0.15, 0.2) is 5.78 Å². The zero-order chi connectivity index (χ0) is 16.7. The van der Waals surface area contributed by atoms with Crippen LogP contribution >= 0.6 is 23.5 Å². The summed E-state index contributed by atoms with van der Waals surface area (Å²) in [5.74, 6) is 2.07. The van der Waals surface area contributed by atoms with Crippen molar-refractivity contribution in [3.63, 3.8) is 0 Å². The Morgan fingerprint density at radius 2 is 2.17 bits per heavy atom. The van der Waals surface area contributed by atoms with E-state index >= 15 is 0 Å². The zero-order valence-corrected chi connectivity index (χ0v) is 15.1. The number of nitrogens with zero attached hydrogens (tertiary/aromatic N) is 3. The molecule has 0 atom stereocenters. The third-order valence-electron chi connectivity index (χ3n) is 4.66. The van der Waals surface area contributed by atoms with E-state index in [-0.39, 0.29) is 5.78 Å². The lowest BCUT2D eigenvalue weighted by Gasteiger charge is -2.35. The smallest absolute Gasteiger partial charge is 0.179 e. The van der Waals surface area contributed by atoms with Crippen molar-refractivity contribution >= 4 is 35.1 Å². The lowest BCUT2D eigenvalue weighted by Crippen LogP contribution is -2.30. The molecule has 4 nitrogen and oxygen atoms in total. The molecule has 0 bridgehead atoms. The molecule has 0 unspecified atom stereocenters. The van der Waals surface area contributed by atoms with Crippen LogP contribution in [0.15, 0.2) is 39.0 Å². The number of anilines is 1. The van der Waals surface area contributed by atoms with E-state index in [0.717, 1.165) is 41.6 Å². The molecule has 0 fully saturated rings. The Balaban J connectivity index is 1.86. The topological polar surface area (TPSA) is 57.0 Å². The number of ketones is 1. The van der Waals surface area contributed by atoms with Crippen molar-refractivity contribution < 1.29 is 4.79 Å². The van der Waals surface area contributed by atoms with E-state index in [0.29, 0.717) is 12.0 Å². The fourth-order valence-electron chi connectivity index (χ4n) is 3.58. The second-order valence-electron chi connectivity index (χ2n) is 6.09. The lowest BCUT2D eigenvalue weighted by atomic mass is 9.97. The Hall–Kier alpha value is -1.71. The summed E-state index contributed by atoms with van der Waals surface area (Å²) in [5.41, 5.74) is 4.13. The molecular weight excluding hydrogens is 338 g/mol. The number of hydrogen-bond donors (Lipinski definition) is 0. The zero-order valence-electron chi connectivity index (χ0n) is 13.5. The average molecular weight is 355 g/mol. The molecule has 4 rings (SSSR count). The highest BCUT2D eigenvalue weighted by molar-refractivity contribution is 8.03. The highest BCUT2D eigenvalue weighted by Crippen LogP contribution is 2.47. The van der Waals surface area contributed by atoms with Crippen molar-refractivity contribution in [2.45, 2.75) is 37.1 Å². The van der Waals surface area contributed by atoms with Crippen LogP contribution in [-0.4, -0.2) is 22.8 Å². The Kier molecular flexibility index (Phi) is 4.15. The molecule has 3 heterocycles. The highest BCUT2D eigenvalue weighted by atomic mass is 32.2. The number of carbonyl (C=O) groups is 1. The van der Waals surface area contributed by atoms with Crippen molar-refractivity contribution in [2.75, 3.05) is 16.9 Å². The summed E-state index contributed by atoms with van der Waals surface area (Å²) in [7, 11) is 0. The van der Waals surface area contributed by atoms with E-state index in [1.807, 2.05) is 30.2 Å². The number of pyridine rings is 1. The molecule has 0 saturated heterocycles. The summed E-state index contributed by atoms with van der Waals surface area (Å²) in [6.07, 6.45) is 6.66. The molecule has 3 aliphatic rings. The molecule has 0 saturated carbocycles. The van der Waals surface area contributed by atoms with Gasteiger partial charge in [-0.15, -0.1) is 23.5 Å². The number of hydrogen-bond acceptors (Lipinski definition) is 6. The minimum absolute atomic E-state index is 0.222. The number of rotatable bonds is 2. The molecule has 24 heavy (non-hydrogen) atoms. The molecule has 0 aromatic carbocycles. The van der Waals surface area contributed by atoms with E-state index in [2.05, 4.69) is 11.0 Å². The third kappa shape index (κ3) is 2.47. The number of carbonyl (C=O) groups excluding carboxylic acids is 1. The standard InChI is InChI=1S/C18H17N3OS2/c1-23-17-13(10-19)5-7-15(20-17)21-16-11(4-6-14(16)22)9-12-3-2-8-24-18(12)21/h5,7H,2-4,6,8-9H2,1H3. The van der Waals surface area contributed by atoms with E-state index in [1.165, 1.54) is 34.4 Å². The fourth-order valence-corrected chi connectivity index (χ4v) is 5.27. The van der Waals surface area contributed by atoms with Crippen molar-refractivity contribution in [3.05, 3.63) is 39.6 Å². The average Bonchev–Trinajstić information content (AvgIpc) is 2.99. The normalized spacial score (nSPS) is 20.2. The molecule has 0 amide bonds. The lowest BCUT2D eigenvalue weighted by molar-refractivity contribution is -0.114. The van der Waals surface area contributed by atoms with E-state index in [4.69, 9.17) is 4.98 Å². The Labute approximate surface area is 150 Å². The van der Waals surface area contributed by atoms with Crippen LogP contribution in [-0.2, 0) is 4.79 Å². The largest absolute Gasteiger partial charge is 0.293 e. The van der Waals surface area contributed by atoms with Gasteiger partial charge in [-0.2, -0.15) is 5.26 Å². The summed E-state index contributed by atoms with van der Waals surface area (Å²) in [6.45, 7) is 0. The molecule has 122 valence electrons. The minimum Gasteiger partial charge on any atom is -0.293 e. The van der Waals surface area contributed by atoms with Crippen LogP contribution in [0.4, 0.5) is 5.82 Å². The highest BCUT2D eigenvalue weighted by Gasteiger charge is 2.37. The molecule has 1 aromatic rings. The Morgan fingerprint density at radius 1 is 1.29 bits per heavy atom. The molecule has 0 radical (unpaired) electrons. The first-order chi connectivity index (χ1) is 11.7. The number of thioether (sulfide) groups is 2. The molecule has 0 N–H and O–H groups in total. The molecule has 2 aliphatic heterocycles. The van der Waals surface area contributed by atoms with Crippen molar-refractivity contribution in [3.8, 4) is 6.07 Å². The number of Topliss-reactive ketones (excluding diaryl/α,β-unsaturated/α-hetero) is 1. The van der Waals surface area contributed by atoms with Crippen LogP contribution in [0.1, 0.15) is 37.7 Å². The summed E-state index contributed by atoms with van der Waals surface area (Å²) in [4.78, 5) is 19.3. The molecular formula is C18H17N3OS2. The van der Waals surface area contributed by atoms with Crippen LogP contribution in [0.2, 0.25) is 0 Å². The molecule has 1 aromatic heterocycles. The van der Waals surface area contributed by atoms with Gasteiger partial charge >= 0.3 is 0 Å². The van der Waals surface area contributed by atoms with Gasteiger partial charge < -0.3 is 0 Å². The van der Waals surface area contributed by atoms with E-state index in [1.54, 1.807) is 0 Å². The van der Waals surface area contributed by atoms with E-state index in [9.17, 15) is 10.1 Å². The van der Waals surface area contributed by atoms with Gasteiger partial charge in [-0.3, -0.25) is 9.69 Å². The predicted molar refractivity (Wildman–Crippen MR) is 97.8 cm³/mol. The molecule has 0 spiro atoms. The van der Waals surface area contributed by atoms with Crippen LogP contribution in [0.3, 0.4) is 0 Å². The second kappa shape index (κ2) is 6.30. The first-order valence-corrected chi connectivity index (χ1v) is 10.3. The van der Waals surface area contributed by atoms with Gasteiger partial charge in [-0.05, 0) is 61.0 Å². The van der Waals surface area contributed by atoms with Crippen LogP contribution < -0.4 is 4.90 Å². The predicted octanol–water partition coefficient (Wildman–Crippen LogP) is 4.24. The Morgan fingerprint density at radius 3 is 2.96 bits per heavy atom. The van der Waals surface area contributed by atoms with Gasteiger partial charge in [-0.1, -0.05) is 0 Å². The van der Waals surface area contributed by atoms with Gasteiger partial charge in [0, 0.05) is 6.42 Å². The van der Waals surface area contributed by atoms with Gasteiger partial charge in [0.2, 0.25) is 0 Å². The quantitative estimate of drug-likeness (QED) is 0.740. The van der Waals surface area contributed by atoms with Gasteiger partial charge in [0.05, 0.1) is 16.3 Å². The maximum absolute atomic E-state index is 12.5. The maximum Gasteiger partial charge on any atom is 0.179 e. The number of nitriles is 1. The first kappa shape index (κ1) is 15.8. The molecule has 6 heteroatoms. The third-order valence-corrected chi connectivity index (χ3v) is 6.59. The second-order valence-corrected chi connectivity index (χ2v) is 7.96.